The first kappa shape index (κ1) is 19.7. The monoisotopic (exact) mass is 427 g/mol. The molecule has 0 fully saturated rings. The molecule has 126 valence electrons. The average molecular weight is 427 g/mol. The molecular formula is C18H26IN3O. The van der Waals surface area contributed by atoms with E-state index < -0.39 is 0 Å². The number of benzene rings is 2. The van der Waals surface area contributed by atoms with E-state index in [-0.39, 0.29) is 30.0 Å². The number of ether oxygens (including phenoxy) is 1. The topological polar surface area (TPSA) is 45.7 Å². The third kappa shape index (κ3) is 5.99. The van der Waals surface area contributed by atoms with Crippen LogP contribution >= 0.6 is 24.0 Å². The van der Waals surface area contributed by atoms with Gasteiger partial charge in [-0.3, -0.25) is 4.99 Å². The summed E-state index contributed by atoms with van der Waals surface area (Å²) >= 11 is 0. The van der Waals surface area contributed by atoms with Crippen LogP contribution in [0.4, 0.5) is 0 Å². The normalized spacial score (nSPS) is 12.6. The standard InChI is InChI=1S/C18H25N3O.HI/c1-14(13-22-3)21-18(19-2)20-12-11-16-9-6-8-15-7-4-5-10-17(15)16;/h4-10,14H,11-13H2,1-3H3,(H2,19,20,21);1H. The van der Waals surface area contributed by atoms with Crippen molar-refractivity contribution in [1.29, 1.82) is 0 Å². The van der Waals surface area contributed by atoms with Crippen LogP contribution in [0.3, 0.4) is 0 Å². The lowest BCUT2D eigenvalue weighted by molar-refractivity contribution is 0.179. The largest absolute Gasteiger partial charge is 0.383 e. The smallest absolute Gasteiger partial charge is 0.191 e. The minimum Gasteiger partial charge on any atom is -0.383 e. The van der Waals surface area contributed by atoms with E-state index in [1.165, 1.54) is 16.3 Å². The van der Waals surface area contributed by atoms with Gasteiger partial charge >= 0.3 is 0 Å². The number of nitrogens with zero attached hydrogens (tertiary/aromatic N) is 1. The Morgan fingerprint density at radius 3 is 2.65 bits per heavy atom. The van der Waals surface area contributed by atoms with Crippen molar-refractivity contribution in [1.82, 2.24) is 10.6 Å². The van der Waals surface area contributed by atoms with E-state index in [1.807, 2.05) is 0 Å². The van der Waals surface area contributed by atoms with Crippen LogP contribution in [0.25, 0.3) is 10.8 Å². The van der Waals surface area contributed by atoms with Gasteiger partial charge < -0.3 is 15.4 Å². The molecule has 4 nitrogen and oxygen atoms in total. The Bertz CT molecular complexity index is 625. The number of hydrogen-bond donors (Lipinski definition) is 2. The Kier molecular flexibility index (Phi) is 8.94. The molecule has 0 saturated carbocycles. The maximum atomic E-state index is 5.13. The third-order valence-electron chi connectivity index (χ3n) is 3.59. The van der Waals surface area contributed by atoms with E-state index >= 15 is 0 Å². The Morgan fingerprint density at radius 1 is 1.17 bits per heavy atom. The van der Waals surface area contributed by atoms with Crippen molar-refractivity contribution in [3.63, 3.8) is 0 Å². The fourth-order valence-corrected chi connectivity index (χ4v) is 2.55. The van der Waals surface area contributed by atoms with Crippen LogP contribution in [-0.4, -0.2) is 39.3 Å². The zero-order valence-corrected chi connectivity index (χ0v) is 16.3. The van der Waals surface area contributed by atoms with E-state index in [4.69, 9.17) is 4.74 Å². The predicted molar refractivity (Wildman–Crippen MR) is 109 cm³/mol. The van der Waals surface area contributed by atoms with E-state index in [9.17, 15) is 0 Å². The quantitative estimate of drug-likeness (QED) is 0.423. The molecule has 2 rings (SSSR count). The van der Waals surface area contributed by atoms with Gasteiger partial charge in [-0.05, 0) is 29.7 Å². The molecule has 0 bridgehead atoms. The van der Waals surface area contributed by atoms with Gasteiger partial charge in [0, 0.05) is 26.7 Å². The van der Waals surface area contributed by atoms with Crippen LogP contribution in [-0.2, 0) is 11.2 Å². The fraction of sp³-hybridized carbons (Fsp3) is 0.389. The van der Waals surface area contributed by atoms with Crippen molar-refractivity contribution in [3.05, 3.63) is 48.0 Å². The summed E-state index contributed by atoms with van der Waals surface area (Å²) in [6, 6.07) is 15.2. The zero-order chi connectivity index (χ0) is 15.8. The lowest BCUT2D eigenvalue weighted by Gasteiger charge is -2.17. The molecule has 0 aliphatic carbocycles. The molecular weight excluding hydrogens is 401 g/mol. The van der Waals surface area contributed by atoms with Crippen LogP contribution in [0, 0.1) is 0 Å². The van der Waals surface area contributed by atoms with Crippen molar-refractivity contribution in [2.45, 2.75) is 19.4 Å². The Labute approximate surface area is 155 Å². The van der Waals surface area contributed by atoms with Gasteiger partial charge in [-0.15, -0.1) is 24.0 Å². The van der Waals surface area contributed by atoms with Crippen molar-refractivity contribution < 1.29 is 4.74 Å². The van der Waals surface area contributed by atoms with Gasteiger partial charge in [0.1, 0.15) is 0 Å². The molecule has 5 heteroatoms. The second-order valence-corrected chi connectivity index (χ2v) is 5.39. The lowest BCUT2D eigenvalue weighted by atomic mass is 10.0. The molecule has 2 aromatic rings. The lowest BCUT2D eigenvalue weighted by Crippen LogP contribution is -2.44. The molecule has 0 saturated heterocycles. The van der Waals surface area contributed by atoms with Crippen molar-refractivity contribution >= 4 is 40.7 Å². The number of rotatable bonds is 6. The SMILES string of the molecule is CN=C(NCCc1cccc2ccccc12)NC(C)COC.I. The summed E-state index contributed by atoms with van der Waals surface area (Å²) in [7, 11) is 3.49. The number of nitrogens with one attached hydrogen (secondary N) is 2. The summed E-state index contributed by atoms with van der Waals surface area (Å²) in [5, 5.41) is 9.27. The number of halogens is 1. The summed E-state index contributed by atoms with van der Waals surface area (Å²) in [5.74, 6) is 0.810. The number of guanidine groups is 1. The van der Waals surface area contributed by atoms with E-state index in [0.29, 0.717) is 6.61 Å². The van der Waals surface area contributed by atoms with Crippen molar-refractivity contribution in [2.24, 2.45) is 4.99 Å². The van der Waals surface area contributed by atoms with Crippen LogP contribution in [0.2, 0.25) is 0 Å². The maximum absolute atomic E-state index is 5.13. The minimum absolute atomic E-state index is 0. The molecule has 0 amide bonds. The summed E-state index contributed by atoms with van der Waals surface area (Å²) < 4.78 is 5.13. The van der Waals surface area contributed by atoms with Gasteiger partial charge in [0.2, 0.25) is 0 Å². The second kappa shape index (κ2) is 10.4. The summed E-state index contributed by atoms with van der Waals surface area (Å²) in [6.45, 7) is 3.57. The van der Waals surface area contributed by atoms with Gasteiger partial charge in [0.25, 0.3) is 0 Å². The molecule has 0 aliphatic rings. The van der Waals surface area contributed by atoms with Gasteiger partial charge in [-0.25, -0.2) is 0 Å². The second-order valence-electron chi connectivity index (χ2n) is 5.39. The Morgan fingerprint density at radius 2 is 1.91 bits per heavy atom. The van der Waals surface area contributed by atoms with Crippen LogP contribution in [0.15, 0.2) is 47.5 Å². The average Bonchev–Trinajstić information content (AvgIpc) is 2.54. The Balaban J connectivity index is 0.00000264. The highest BCUT2D eigenvalue weighted by Crippen LogP contribution is 2.18. The molecule has 0 aromatic heterocycles. The van der Waals surface area contributed by atoms with Gasteiger partial charge in [0.05, 0.1) is 6.61 Å². The molecule has 0 heterocycles. The maximum Gasteiger partial charge on any atom is 0.191 e. The summed E-state index contributed by atoms with van der Waals surface area (Å²) in [5.41, 5.74) is 1.35. The minimum atomic E-state index is 0. The highest BCUT2D eigenvalue weighted by molar-refractivity contribution is 14.0. The Hall–Kier alpha value is -1.34. The molecule has 0 aliphatic heterocycles. The van der Waals surface area contributed by atoms with Gasteiger partial charge in [0.15, 0.2) is 5.96 Å². The van der Waals surface area contributed by atoms with Crippen molar-refractivity contribution in [3.8, 4) is 0 Å². The molecule has 0 spiro atoms. The number of methoxy groups -OCH3 is 1. The van der Waals surface area contributed by atoms with E-state index in [2.05, 4.69) is 65.0 Å². The molecule has 2 N–H and O–H groups in total. The first-order valence-electron chi connectivity index (χ1n) is 7.67. The highest BCUT2D eigenvalue weighted by atomic mass is 127. The number of fused-ring (bicyclic) bond motifs is 1. The molecule has 0 radical (unpaired) electrons. The van der Waals surface area contributed by atoms with Gasteiger partial charge in [-0.1, -0.05) is 42.5 Å². The summed E-state index contributed by atoms with van der Waals surface area (Å²) in [4.78, 5) is 4.24. The molecule has 2 aromatic carbocycles. The van der Waals surface area contributed by atoms with E-state index in [0.717, 1.165) is 18.9 Å². The van der Waals surface area contributed by atoms with Crippen molar-refractivity contribution in [2.75, 3.05) is 27.3 Å². The predicted octanol–water partition coefficient (Wildman–Crippen LogP) is 3.20. The third-order valence-corrected chi connectivity index (χ3v) is 3.59. The van der Waals surface area contributed by atoms with Crippen LogP contribution in [0.1, 0.15) is 12.5 Å². The number of hydrogen-bond acceptors (Lipinski definition) is 2. The molecule has 23 heavy (non-hydrogen) atoms. The number of aliphatic imine (C=N–C) groups is 1. The highest BCUT2D eigenvalue weighted by Gasteiger charge is 2.05. The molecule has 1 atom stereocenters. The van der Waals surface area contributed by atoms with E-state index in [1.54, 1.807) is 14.2 Å². The first-order chi connectivity index (χ1) is 10.7. The first-order valence-corrected chi connectivity index (χ1v) is 7.67. The van der Waals surface area contributed by atoms with Crippen LogP contribution in [0.5, 0.6) is 0 Å². The summed E-state index contributed by atoms with van der Waals surface area (Å²) in [6.07, 6.45) is 0.959. The van der Waals surface area contributed by atoms with Gasteiger partial charge in [-0.2, -0.15) is 0 Å². The zero-order valence-electron chi connectivity index (χ0n) is 14.0. The van der Waals surface area contributed by atoms with Crippen LogP contribution < -0.4 is 10.6 Å². The fourth-order valence-electron chi connectivity index (χ4n) is 2.55. The molecule has 1 unspecified atom stereocenters.